The molecule has 0 amide bonds. The van der Waals surface area contributed by atoms with E-state index in [-0.39, 0.29) is 0 Å². The minimum Gasteiger partial charge on any atom is -0.383 e. The molecule has 0 fully saturated rings. The third-order valence-electron chi connectivity index (χ3n) is 0.345. The number of rotatable bonds is 2. The van der Waals surface area contributed by atoms with Crippen molar-refractivity contribution in [3.63, 3.8) is 0 Å². The minimum atomic E-state index is 1.45. The molecule has 0 saturated heterocycles. The third kappa shape index (κ3) is 5.14. The second-order valence-corrected chi connectivity index (χ2v) is 0.862. The Bertz CT molecular complexity index is 77.8. The molecule has 0 rings (SSSR count). The zero-order valence-corrected chi connectivity index (χ0v) is 4.46. The molecule has 0 aromatic carbocycles. The molecular formula is C4H8N2O. The number of allylic oxidation sites excluding steroid dienone is 1. The third-order valence-corrected chi connectivity index (χ3v) is 0.345. The van der Waals surface area contributed by atoms with Gasteiger partial charge in [-0.3, -0.25) is 0 Å². The van der Waals surface area contributed by atoms with Crippen molar-refractivity contribution in [2.75, 3.05) is 7.11 Å². The fourth-order valence-electron chi connectivity index (χ4n) is 0.141. The predicted octanol–water partition coefficient (Wildman–Crippen LogP) is 1.53. The van der Waals surface area contributed by atoms with E-state index in [1.807, 2.05) is 6.92 Å². The van der Waals surface area contributed by atoms with Gasteiger partial charge in [0.15, 0.2) is 0 Å². The first-order chi connectivity index (χ1) is 3.41. The summed E-state index contributed by atoms with van der Waals surface area (Å²) in [6.45, 7) is 1.86. The van der Waals surface area contributed by atoms with E-state index in [0.717, 1.165) is 0 Å². The Balaban J connectivity index is 3.09. The molecule has 0 saturated carbocycles. The fraction of sp³-hybridized carbons (Fsp3) is 0.500. The van der Waals surface area contributed by atoms with Crippen molar-refractivity contribution >= 4 is 0 Å². The summed E-state index contributed by atoms with van der Waals surface area (Å²) in [6.07, 6.45) is 3.31. The van der Waals surface area contributed by atoms with E-state index in [4.69, 9.17) is 0 Å². The first-order valence-electron chi connectivity index (χ1n) is 1.96. The fourth-order valence-corrected chi connectivity index (χ4v) is 0.141. The average molecular weight is 100 g/mol. The van der Waals surface area contributed by atoms with Gasteiger partial charge in [0.1, 0.15) is 7.11 Å². The van der Waals surface area contributed by atoms with E-state index in [1.54, 1.807) is 12.3 Å². The lowest BCUT2D eigenvalue weighted by Crippen LogP contribution is -1.58. The van der Waals surface area contributed by atoms with Crippen molar-refractivity contribution in [2.24, 2.45) is 10.4 Å². The lowest BCUT2D eigenvalue weighted by atomic mass is 10.7. The van der Waals surface area contributed by atoms with Crippen molar-refractivity contribution in [2.45, 2.75) is 6.92 Å². The van der Waals surface area contributed by atoms with E-state index >= 15 is 0 Å². The molecule has 3 heteroatoms. The van der Waals surface area contributed by atoms with Gasteiger partial charge in [0.25, 0.3) is 0 Å². The zero-order valence-electron chi connectivity index (χ0n) is 4.46. The molecule has 0 aromatic heterocycles. The Morgan fingerprint density at radius 3 is 2.71 bits per heavy atom. The van der Waals surface area contributed by atoms with Gasteiger partial charge in [-0.05, 0) is 6.92 Å². The Labute approximate surface area is 42.7 Å². The zero-order chi connectivity index (χ0) is 5.54. The molecule has 0 N–H and O–H groups in total. The minimum absolute atomic E-state index is 1.45. The van der Waals surface area contributed by atoms with Crippen LogP contribution in [-0.2, 0) is 4.84 Å². The molecule has 0 aliphatic rings. The SMILES string of the molecule is C/C=C\N=NOC. The maximum atomic E-state index is 4.25. The number of nitrogens with zero attached hydrogens (tertiary/aromatic N) is 2. The van der Waals surface area contributed by atoms with Gasteiger partial charge in [-0.1, -0.05) is 6.08 Å². The average Bonchev–Trinajstić information content (AvgIpc) is 1.69. The number of hydrogen-bond donors (Lipinski definition) is 0. The van der Waals surface area contributed by atoms with Crippen LogP contribution in [0.1, 0.15) is 6.92 Å². The molecule has 0 heterocycles. The molecule has 0 unspecified atom stereocenters. The quantitative estimate of drug-likeness (QED) is 0.382. The normalized spacial score (nSPS) is 11.1. The van der Waals surface area contributed by atoms with Crippen LogP contribution in [-0.4, -0.2) is 7.11 Å². The standard InChI is InChI=1S/C4H8N2O/c1-3-4-5-6-7-2/h3-4H,1-2H3/b4-3-,6-5?. The van der Waals surface area contributed by atoms with Crippen LogP contribution in [0.2, 0.25) is 0 Å². The highest BCUT2D eigenvalue weighted by Crippen LogP contribution is 1.75. The van der Waals surface area contributed by atoms with Crippen LogP contribution in [0.15, 0.2) is 22.7 Å². The van der Waals surface area contributed by atoms with Crippen molar-refractivity contribution in [1.29, 1.82) is 0 Å². The molecule has 0 atom stereocenters. The van der Waals surface area contributed by atoms with Gasteiger partial charge >= 0.3 is 0 Å². The molecule has 0 aliphatic heterocycles. The highest BCUT2D eigenvalue weighted by Gasteiger charge is 1.56. The first kappa shape index (κ1) is 6.14. The Morgan fingerprint density at radius 2 is 2.29 bits per heavy atom. The Hall–Kier alpha value is -0.860. The van der Waals surface area contributed by atoms with Crippen LogP contribution in [0, 0.1) is 0 Å². The van der Waals surface area contributed by atoms with E-state index < -0.39 is 0 Å². The van der Waals surface area contributed by atoms with Crippen LogP contribution in [0.5, 0.6) is 0 Å². The van der Waals surface area contributed by atoms with Gasteiger partial charge < -0.3 is 4.84 Å². The van der Waals surface area contributed by atoms with E-state index in [0.29, 0.717) is 0 Å². The highest BCUT2D eigenvalue weighted by molar-refractivity contribution is 4.70. The summed E-state index contributed by atoms with van der Waals surface area (Å²) in [5.41, 5.74) is 0. The molecule has 7 heavy (non-hydrogen) atoms. The Kier molecular flexibility index (Phi) is 4.51. The molecule has 0 spiro atoms. The molecule has 3 nitrogen and oxygen atoms in total. The second-order valence-electron chi connectivity index (χ2n) is 0.862. The summed E-state index contributed by atoms with van der Waals surface area (Å²) in [5, 5.41) is 6.63. The van der Waals surface area contributed by atoms with Crippen LogP contribution < -0.4 is 0 Å². The van der Waals surface area contributed by atoms with Gasteiger partial charge in [-0.25, -0.2) is 0 Å². The smallest absolute Gasteiger partial charge is 0.108 e. The lowest BCUT2D eigenvalue weighted by molar-refractivity contribution is 0.190. The van der Waals surface area contributed by atoms with E-state index in [9.17, 15) is 0 Å². The lowest BCUT2D eigenvalue weighted by Gasteiger charge is -1.75. The molecule has 0 radical (unpaired) electrons. The summed E-state index contributed by atoms with van der Waals surface area (Å²) < 4.78 is 0. The van der Waals surface area contributed by atoms with Crippen molar-refractivity contribution in [3.05, 3.63) is 12.3 Å². The van der Waals surface area contributed by atoms with Crippen LogP contribution in [0.3, 0.4) is 0 Å². The van der Waals surface area contributed by atoms with Gasteiger partial charge in [0.2, 0.25) is 0 Å². The van der Waals surface area contributed by atoms with Crippen molar-refractivity contribution in [3.8, 4) is 0 Å². The molecule has 0 aliphatic carbocycles. The Morgan fingerprint density at radius 1 is 1.57 bits per heavy atom. The van der Waals surface area contributed by atoms with Gasteiger partial charge in [-0.2, -0.15) is 0 Å². The topological polar surface area (TPSA) is 34.0 Å². The van der Waals surface area contributed by atoms with E-state index in [2.05, 4.69) is 15.2 Å². The monoisotopic (exact) mass is 100 g/mol. The molecule has 40 valence electrons. The number of hydrogen-bond acceptors (Lipinski definition) is 3. The molecule has 0 bridgehead atoms. The van der Waals surface area contributed by atoms with Crippen LogP contribution in [0.25, 0.3) is 0 Å². The summed E-state index contributed by atoms with van der Waals surface area (Å²) in [7, 11) is 1.45. The van der Waals surface area contributed by atoms with Gasteiger partial charge in [0, 0.05) is 11.5 Å². The second kappa shape index (κ2) is 5.14. The van der Waals surface area contributed by atoms with Crippen molar-refractivity contribution in [1.82, 2.24) is 0 Å². The van der Waals surface area contributed by atoms with Gasteiger partial charge in [-0.15, -0.1) is 5.11 Å². The summed E-state index contributed by atoms with van der Waals surface area (Å²) in [4.78, 5) is 4.25. The van der Waals surface area contributed by atoms with Crippen LogP contribution in [0.4, 0.5) is 0 Å². The summed E-state index contributed by atoms with van der Waals surface area (Å²) in [5.74, 6) is 0. The maximum Gasteiger partial charge on any atom is 0.108 e. The highest BCUT2D eigenvalue weighted by atomic mass is 16.6. The first-order valence-corrected chi connectivity index (χ1v) is 1.96. The summed E-state index contributed by atoms with van der Waals surface area (Å²) in [6, 6.07) is 0. The molecule has 0 aromatic rings. The maximum absolute atomic E-state index is 4.25. The van der Waals surface area contributed by atoms with Crippen LogP contribution >= 0.6 is 0 Å². The van der Waals surface area contributed by atoms with Gasteiger partial charge in [0.05, 0.1) is 0 Å². The van der Waals surface area contributed by atoms with Crippen molar-refractivity contribution < 1.29 is 4.84 Å². The van der Waals surface area contributed by atoms with E-state index in [1.165, 1.54) is 7.11 Å². The largest absolute Gasteiger partial charge is 0.383 e. The summed E-state index contributed by atoms with van der Waals surface area (Å²) >= 11 is 0. The predicted molar refractivity (Wildman–Crippen MR) is 26.7 cm³/mol. The molecular weight excluding hydrogens is 92.1 g/mol.